The van der Waals surface area contributed by atoms with Gasteiger partial charge in [-0.3, -0.25) is 4.79 Å². The number of nitrogens with two attached hydrogens (primary N) is 1. The van der Waals surface area contributed by atoms with E-state index in [0.29, 0.717) is 12.1 Å². The van der Waals surface area contributed by atoms with Gasteiger partial charge in [-0.25, -0.2) is 0 Å². The molecule has 0 bridgehead atoms. The molecule has 0 unspecified atom stereocenters. The first kappa shape index (κ1) is 15.9. The van der Waals surface area contributed by atoms with Gasteiger partial charge in [0.25, 0.3) is 0 Å². The summed E-state index contributed by atoms with van der Waals surface area (Å²) >= 11 is 5.10. The maximum atomic E-state index is 12.0. The molecule has 21 heavy (non-hydrogen) atoms. The van der Waals surface area contributed by atoms with Crippen molar-refractivity contribution in [1.29, 1.82) is 0 Å². The van der Waals surface area contributed by atoms with Gasteiger partial charge in [0.15, 0.2) is 0 Å². The number of thioether (sulfide) groups is 1. The molecule has 0 radical (unpaired) electrons. The summed E-state index contributed by atoms with van der Waals surface area (Å²) in [6.45, 7) is 1.90. The Balaban J connectivity index is 1.84. The SMILES string of the molecule is Cc1c(N)cccc1NC(=O)CCSc1cccc(Br)c1. The lowest BCUT2D eigenvalue weighted by Gasteiger charge is -2.10. The number of rotatable bonds is 5. The Labute approximate surface area is 137 Å². The summed E-state index contributed by atoms with van der Waals surface area (Å²) in [7, 11) is 0. The van der Waals surface area contributed by atoms with Gasteiger partial charge in [0.1, 0.15) is 0 Å². The fourth-order valence-corrected chi connectivity index (χ4v) is 3.28. The van der Waals surface area contributed by atoms with E-state index in [1.54, 1.807) is 11.8 Å². The molecule has 0 saturated carbocycles. The van der Waals surface area contributed by atoms with Crippen molar-refractivity contribution in [2.24, 2.45) is 0 Å². The van der Waals surface area contributed by atoms with Crippen molar-refractivity contribution in [3.63, 3.8) is 0 Å². The van der Waals surface area contributed by atoms with E-state index in [1.165, 1.54) is 0 Å². The van der Waals surface area contributed by atoms with Gasteiger partial charge in [0.2, 0.25) is 5.91 Å². The number of carbonyl (C=O) groups is 1. The quantitative estimate of drug-likeness (QED) is 0.608. The first-order valence-electron chi connectivity index (χ1n) is 6.59. The number of nitrogens with one attached hydrogen (secondary N) is 1. The molecule has 0 saturated heterocycles. The lowest BCUT2D eigenvalue weighted by Crippen LogP contribution is -2.13. The van der Waals surface area contributed by atoms with Crippen LogP contribution in [0, 0.1) is 6.92 Å². The minimum absolute atomic E-state index is 0.00574. The Kier molecular flexibility index (Phi) is 5.70. The molecule has 0 aliphatic heterocycles. The van der Waals surface area contributed by atoms with E-state index in [-0.39, 0.29) is 5.91 Å². The first-order valence-corrected chi connectivity index (χ1v) is 8.37. The average Bonchev–Trinajstić information content (AvgIpc) is 2.44. The number of amides is 1. The zero-order chi connectivity index (χ0) is 15.2. The van der Waals surface area contributed by atoms with E-state index in [2.05, 4.69) is 21.2 Å². The fraction of sp³-hybridized carbons (Fsp3) is 0.188. The van der Waals surface area contributed by atoms with Crippen LogP contribution in [0.2, 0.25) is 0 Å². The number of halogens is 1. The maximum Gasteiger partial charge on any atom is 0.225 e. The third-order valence-corrected chi connectivity index (χ3v) is 4.53. The number of anilines is 2. The van der Waals surface area contributed by atoms with Gasteiger partial charge in [0, 0.05) is 32.9 Å². The van der Waals surface area contributed by atoms with Crippen LogP contribution in [-0.4, -0.2) is 11.7 Å². The molecular weight excluding hydrogens is 348 g/mol. The second-order valence-electron chi connectivity index (χ2n) is 4.62. The molecule has 3 N–H and O–H groups in total. The van der Waals surface area contributed by atoms with Crippen molar-refractivity contribution in [2.45, 2.75) is 18.2 Å². The van der Waals surface area contributed by atoms with Crippen LogP contribution in [0.25, 0.3) is 0 Å². The molecule has 0 aliphatic carbocycles. The van der Waals surface area contributed by atoms with Crippen LogP contribution < -0.4 is 11.1 Å². The van der Waals surface area contributed by atoms with E-state index >= 15 is 0 Å². The van der Waals surface area contributed by atoms with Crippen LogP contribution >= 0.6 is 27.7 Å². The van der Waals surface area contributed by atoms with Gasteiger partial charge in [-0.1, -0.05) is 28.1 Å². The predicted octanol–water partition coefficient (Wildman–Crippen LogP) is 4.46. The smallest absolute Gasteiger partial charge is 0.225 e. The molecule has 0 spiro atoms. The lowest BCUT2D eigenvalue weighted by atomic mass is 10.1. The standard InChI is InChI=1S/C16H17BrN2OS/c1-11-14(18)6-3-7-15(11)19-16(20)8-9-21-13-5-2-4-12(17)10-13/h2-7,10H,8-9,18H2,1H3,(H,19,20). The first-order chi connectivity index (χ1) is 10.1. The summed E-state index contributed by atoms with van der Waals surface area (Å²) in [5.41, 5.74) is 8.21. The second kappa shape index (κ2) is 7.52. The molecule has 2 rings (SSSR count). The molecule has 3 nitrogen and oxygen atoms in total. The Bertz CT molecular complexity index is 646. The molecule has 0 aromatic heterocycles. The van der Waals surface area contributed by atoms with Crippen molar-refractivity contribution in [2.75, 3.05) is 16.8 Å². The minimum Gasteiger partial charge on any atom is -0.398 e. The lowest BCUT2D eigenvalue weighted by molar-refractivity contribution is -0.115. The monoisotopic (exact) mass is 364 g/mol. The summed E-state index contributed by atoms with van der Waals surface area (Å²) < 4.78 is 1.05. The topological polar surface area (TPSA) is 55.1 Å². The normalized spacial score (nSPS) is 10.4. The molecular formula is C16H17BrN2OS. The van der Waals surface area contributed by atoms with E-state index in [4.69, 9.17) is 5.73 Å². The van der Waals surface area contributed by atoms with Crippen molar-refractivity contribution in [3.8, 4) is 0 Å². The van der Waals surface area contributed by atoms with E-state index in [0.717, 1.165) is 26.4 Å². The summed E-state index contributed by atoms with van der Waals surface area (Å²) in [4.78, 5) is 13.1. The van der Waals surface area contributed by atoms with E-state index in [9.17, 15) is 4.79 Å². The molecule has 0 atom stereocenters. The molecule has 0 heterocycles. The molecule has 5 heteroatoms. The van der Waals surface area contributed by atoms with Crippen LogP contribution in [0.4, 0.5) is 11.4 Å². The zero-order valence-electron chi connectivity index (χ0n) is 11.7. The van der Waals surface area contributed by atoms with Crippen molar-refractivity contribution in [1.82, 2.24) is 0 Å². The number of benzene rings is 2. The largest absolute Gasteiger partial charge is 0.398 e. The number of nitrogen functional groups attached to an aromatic ring is 1. The molecule has 110 valence electrons. The van der Waals surface area contributed by atoms with E-state index in [1.807, 2.05) is 49.4 Å². The van der Waals surface area contributed by atoms with Crippen molar-refractivity contribution < 1.29 is 4.79 Å². The highest BCUT2D eigenvalue weighted by atomic mass is 79.9. The van der Waals surface area contributed by atoms with Gasteiger partial charge in [-0.2, -0.15) is 0 Å². The van der Waals surface area contributed by atoms with Gasteiger partial charge < -0.3 is 11.1 Å². The fourth-order valence-electron chi connectivity index (χ4n) is 1.82. The summed E-state index contributed by atoms with van der Waals surface area (Å²) in [5, 5.41) is 2.91. The van der Waals surface area contributed by atoms with Crippen LogP contribution in [0.3, 0.4) is 0 Å². The van der Waals surface area contributed by atoms with Gasteiger partial charge >= 0.3 is 0 Å². The summed E-state index contributed by atoms with van der Waals surface area (Å²) in [6.07, 6.45) is 0.464. The molecule has 2 aromatic carbocycles. The van der Waals surface area contributed by atoms with Gasteiger partial charge in [-0.15, -0.1) is 11.8 Å². The minimum atomic E-state index is 0.00574. The van der Waals surface area contributed by atoms with Crippen molar-refractivity contribution in [3.05, 3.63) is 52.5 Å². The third-order valence-electron chi connectivity index (χ3n) is 3.04. The summed E-state index contributed by atoms with van der Waals surface area (Å²) in [5.74, 6) is 0.745. The van der Waals surface area contributed by atoms with Crippen LogP contribution in [0.1, 0.15) is 12.0 Å². The van der Waals surface area contributed by atoms with Crippen LogP contribution in [0.5, 0.6) is 0 Å². The van der Waals surface area contributed by atoms with E-state index < -0.39 is 0 Å². The Hall–Kier alpha value is -1.46. The molecule has 0 fully saturated rings. The Morgan fingerprint density at radius 1 is 1.29 bits per heavy atom. The van der Waals surface area contributed by atoms with Crippen molar-refractivity contribution >= 4 is 45.0 Å². The highest BCUT2D eigenvalue weighted by Gasteiger charge is 2.06. The summed E-state index contributed by atoms with van der Waals surface area (Å²) in [6, 6.07) is 13.6. The third kappa shape index (κ3) is 4.79. The Morgan fingerprint density at radius 2 is 2.05 bits per heavy atom. The zero-order valence-corrected chi connectivity index (χ0v) is 14.1. The average molecular weight is 365 g/mol. The maximum absolute atomic E-state index is 12.0. The number of hydrogen-bond donors (Lipinski definition) is 2. The van der Waals surface area contributed by atoms with Gasteiger partial charge in [-0.05, 0) is 42.8 Å². The number of hydrogen-bond acceptors (Lipinski definition) is 3. The molecule has 2 aromatic rings. The predicted molar refractivity (Wildman–Crippen MR) is 93.7 cm³/mol. The highest BCUT2D eigenvalue weighted by Crippen LogP contribution is 2.23. The van der Waals surface area contributed by atoms with Crippen LogP contribution in [0.15, 0.2) is 51.8 Å². The number of carbonyl (C=O) groups excluding carboxylic acids is 1. The molecule has 0 aliphatic rings. The van der Waals surface area contributed by atoms with Crippen LogP contribution in [-0.2, 0) is 4.79 Å². The molecule has 1 amide bonds. The second-order valence-corrected chi connectivity index (χ2v) is 6.71. The Morgan fingerprint density at radius 3 is 2.81 bits per heavy atom. The highest BCUT2D eigenvalue weighted by molar-refractivity contribution is 9.10. The van der Waals surface area contributed by atoms with Gasteiger partial charge in [0.05, 0.1) is 0 Å².